The summed E-state index contributed by atoms with van der Waals surface area (Å²) in [6.45, 7) is 4.58. The third-order valence-corrected chi connectivity index (χ3v) is 1.39. The molecule has 0 aromatic carbocycles. The predicted octanol–water partition coefficient (Wildman–Crippen LogP) is 1.07. The summed E-state index contributed by atoms with van der Waals surface area (Å²) in [5.74, 6) is 0. The first-order valence-electron chi connectivity index (χ1n) is 3.27. The van der Waals surface area contributed by atoms with Crippen molar-refractivity contribution in [2.75, 3.05) is 20.6 Å². The van der Waals surface area contributed by atoms with Crippen molar-refractivity contribution in [3.63, 3.8) is 0 Å². The van der Waals surface area contributed by atoms with Gasteiger partial charge in [0.05, 0.1) is 12.2 Å². The molecule has 0 N–H and O–H groups in total. The first-order valence-corrected chi connectivity index (χ1v) is 3.27. The minimum absolute atomic E-state index is 0.747. The molecular weight excluding hydrogens is 124 g/mol. The summed E-state index contributed by atoms with van der Waals surface area (Å²) in [7, 11) is 3.99. The predicted molar refractivity (Wildman–Crippen MR) is 44.3 cm³/mol. The van der Waals surface area contributed by atoms with Crippen LogP contribution >= 0.6 is 0 Å². The minimum Gasteiger partial charge on any atom is -0.376 e. The van der Waals surface area contributed by atoms with Gasteiger partial charge in [-0.2, -0.15) is 0 Å². The SMILES string of the molecule is C=C1C=C(N(C)C)C=NC1. The standard InChI is InChI=1S/C8H12N2/c1-7-4-8(10(2)3)6-9-5-7/h4,6H,1,5H2,2-3H3. The van der Waals surface area contributed by atoms with Crippen LogP contribution in [0.25, 0.3) is 0 Å². The first kappa shape index (κ1) is 7.06. The highest BCUT2D eigenvalue weighted by Gasteiger charge is 2.00. The van der Waals surface area contributed by atoms with E-state index in [1.807, 2.05) is 31.3 Å². The molecule has 1 heterocycles. The van der Waals surface area contributed by atoms with Crippen LogP contribution in [0.4, 0.5) is 0 Å². The third kappa shape index (κ3) is 1.47. The van der Waals surface area contributed by atoms with Crippen LogP contribution < -0.4 is 0 Å². The van der Waals surface area contributed by atoms with E-state index >= 15 is 0 Å². The number of hydrogen-bond donors (Lipinski definition) is 0. The van der Waals surface area contributed by atoms with Crippen LogP contribution in [0.3, 0.4) is 0 Å². The lowest BCUT2D eigenvalue weighted by molar-refractivity contribution is 0.539. The van der Waals surface area contributed by atoms with Gasteiger partial charge in [-0.25, -0.2) is 0 Å². The maximum absolute atomic E-state index is 4.13. The normalized spacial score (nSPS) is 17.0. The van der Waals surface area contributed by atoms with E-state index in [0.29, 0.717) is 0 Å². The highest BCUT2D eigenvalue weighted by atomic mass is 15.1. The fraction of sp³-hybridized carbons (Fsp3) is 0.375. The quantitative estimate of drug-likeness (QED) is 0.526. The Hall–Kier alpha value is -1.05. The smallest absolute Gasteiger partial charge is 0.0635 e. The van der Waals surface area contributed by atoms with Crippen LogP contribution in [-0.4, -0.2) is 31.8 Å². The second-order valence-electron chi connectivity index (χ2n) is 2.59. The summed E-state index contributed by atoms with van der Waals surface area (Å²) in [6, 6.07) is 0. The number of allylic oxidation sites excluding steroid dienone is 1. The monoisotopic (exact) mass is 136 g/mol. The molecule has 0 unspecified atom stereocenters. The van der Waals surface area contributed by atoms with E-state index in [4.69, 9.17) is 0 Å². The van der Waals surface area contributed by atoms with Gasteiger partial charge in [0.15, 0.2) is 0 Å². The molecule has 0 aliphatic carbocycles. The maximum atomic E-state index is 4.13. The van der Waals surface area contributed by atoms with E-state index in [1.165, 1.54) is 0 Å². The number of nitrogens with zero attached hydrogens (tertiary/aromatic N) is 2. The fourth-order valence-corrected chi connectivity index (χ4v) is 0.793. The maximum Gasteiger partial charge on any atom is 0.0635 e. The zero-order valence-electron chi connectivity index (χ0n) is 6.46. The Labute approximate surface area is 61.6 Å². The Morgan fingerprint density at radius 2 is 2.30 bits per heavy atom. The lowest BCUT2D eigenvalue weighted by atomic mass is 10.2. The van der Waals surface area contributed by atoms with E-state index in [0.717, 1.165) is 17.8 Å². The second kappa shape index (κ2) is 2.69. The van der Waals surface area contributed by atoms with Gasteiger partial charge in [0.2, 0.25) is 0 Å². The van der Waals surface area contributed by atoms with Gasteiger partial charge in [-0.3, -0.25) is 4.99 Å². The van der Waals surface area contributed by atoms with Crippen LogP contribution in [0.15, 0.2) is 28.9 Å². The molecule has 1 aliphatic heterocycles. The van der Waals surface area contributed by atoms with Crippen molar-refractivity contribution in [3.8, 4) is 0 Å². The lowest BCUT2D eigenvalue weighted by Gasteiger charge is -2.15. The van der Waals surface area contributed by atoms with E-state index < -0.39 is 0 Å². The molecule has 0 saturated carbocycles. The Bertz CT molecular complexity index is 199. The molecular formula is C8H12N2. The van der Waals surface area contributed by atoms with Crippen molar-refractivity contribution < 1.29 is 0 Å². The van der Waals surface area contributed by atoms with Gasteiger partial charge in [-0.05, 0) is 11.6 Å². The van der Waals surface area contributed by atoms with Gasteiger partial charge in [0.25, 0.3) is 0 Å². The van der Waals surface area contributed by atoms with Gasteiger partial charge >= 0.3 is 0 Å². The zero-order chi connectivity index (χ0) is 7.56. The average molecular weight is 136 g/mol. The molecule has 1 aliphatic rings. The molecule has 0 bridgehead atoms. The van der Waals surface area contributed by atoms with Crippen LogP contribution in [-0.2, 0) is 0 Å². The van der Waals surface area contributed by atoms with E-state index in [1.54, 1.807) is 0 Å². The number of dihydropyridines is 1. The molecule has 0 aromatic heterocycles. The van der Waals surface area contributed by atoms with Crippen molar-refractivity contribution in [3.05, 3.63) is 23.9 Å². The van der Waals surface area contributed by atoms with Crippen LogP contribution in [0.2, 0.25) is 0 Å². The zero-order valence-corrected chi connectivity index (χ0v) is 6.46. The first-order chi connectivity index (χ1) is 4.70. The molecule has 1 rings (SSSR count). The van der Waals surface area contributed by atoms with Crippen molar-refractivity contribution in [1.82, 2.24) is 4.90 Å². The highest BCUT2D eigenvalue weighted by Crippen LogP contribution is 2.06. The molecule has 0 fully saturated rings. The molecule has 0 spiro atoms. The number of rotatable bonds is 1. The average Bonchev–Trinajstić information content (AvgIpc) is 1.88. The Balaban J connectivity index is 2.76. The summed E-state index contributed by atoms with van der Waals surface area (Å²) in [4.78, 5) is 6.15. The molecule has 10 heavy (non-hydrogen) atoms. The number of hydrogen-bond acceptors (Lipinski definition) is 2. The Morgan fingerprint density at radius 1 is 1.60 bits per heavy atom. The molecule has 0 aromatic rings. The van der Waals surface area contributed by atoms with Crippen molar-refractivity contribution in [2.45, 2.75) is 0 Å². The summed E-state index contributed by atoms with van der Waals surface area (Å²) in [5.41, 5.74) is 2.20. The number of aliphatic imine (C=N–C) groups is 1. The fourth-order valence-electron chi connectivity index (χ4n) is 0.793. The Kier molecular flexibility index (Phi) is 1.90. The van der Waals surface area contributed by atoms with Gasteiger partial charge in [0, 0.05) is 20.3 Å². The van der Waals surface area contributed by atoms with Crippen LogP contribution in [0.5, 0.6) is 0 Å². The van der Waals surface area contributed by atoms with E-state index in [9.17, 15) is 0 Å². The summed E-state index contributed by atoms with van der Waals surface area (Å²) < 4.78 is 0. The minimum atomic E-state index is 0.747. The van der Waals surface area contributed by atoms with E-state index in [-0.39, 0.29) is 0 Å². The van der Waals surface area contributed by atoms with Gasteiger partial charge in [-0.1, -0.05) is 6.58 Å². The summed E-state index contributed by atoms with van der Waals surface area (Å²) >= 11 is 0. The molecule has 0 radical (unpaired) electrons. The van der Waals surface area contributed by atoms with Gasteiger partial charge in [0.1, 0.15) is 0 Å². The van der Waals surface area contributed by atoms with Crippen molar-refractivity contribution >= 4 is 6.21 Å². The largest absolute Gasteiger partial charge is 0.376 e. The summed E-state index contributed by atoms with van der Waals surface area (Å²) in [5, 5.41) is 0. The van der Waals surface area contributed by atoms with Crippen LogP contribution in [0.1, 0.15) is 0 Å². The molecule has 0 saturated heterocycles. The Morgan fingerprint density at radius 3 is 2.70 bits per heavy atom. The van der Waals surface area contributed by atoms with Crippen molar-refractivity contribution in [1.29, 1.82) is 0 Å². The second-order valence-corrected chi connectivity index (χ2v) is 2.59. The molecule has 2 heteroatoms. The van der Waals surface area contributed by atoms with Crippen molar-refractivity contribution in [2.24, 2.45) is 4.99 Å². The van der Waals surface area contributed by atoms with E-state index in [2.05, 4.69) is 11.6 Å². The highest BCUT2D eigenvalue weighted by molar-refractivity contribution is 5.80. The lowest BCUT2D eigenvalue weighted by Crippen LogP contribution is -2.14. The van der Waals surface area contributed by atoms with Gasteiger partial charge < -0.3 is 4.90 Å². The summed E-state index contributed by atoms with van der Waals surface area (Å²) in [6.07, 6.45) is 3.92. The molecule has 2 nitrogen and oxygen atoms in total. The third-order valence-electron chi connectivity index (χ3n) is 1.39. The molecule has 54 valence electrons. The molecule has 0 amide bonds. The topological polar surface area (TPSA) is 15.6 Å². The van der Waals surface area contributed by atoms with Gasteiger partial charge in [-0.15, -0.1) is 0 Å². The van der Waals surface area contributed by atoms with Crippen LogP contribution in [0, 0.1) is 0 Å². The molecule has 0 atom stereocenters.